The molecule has 0 bridgehead atoms. The van der Waals surface area contributed by atoms with Crippen LogP contribution >= 0.6 is 11.8 Å². The van der Waals surface area contributed by atoms with Crippen molar-refractivity contribution >= 4 is 28.9 Å². The van der Waals surface area contributed by atoms with Crippen LogP contribution in [0.15, 0.2) is 34.7 Å². The van der Waals surface area contributed by atoms with Gasteiger partial charge >= 0.3 is 0 Å². The van der Waals surface area contributed by atoms with Crippen LogP contribution in [-0.2, 0) is 11.2 Å². The van der Waals surface area contributed by atoms with Crippen molar-refractivity contribution in [1.29, 1.82) is 0 Å². The summed E-state index contributed by atoms with van der Waals surface area (Å²) in [6.07, 6.45) is 4.04. The molecule has 1 aromatic rings. The molecule has 5 nitrogen and oxygen atoms in total. The number of carbonyl (C=O) groups excluding carboxylic acids is 1. The largest absolute Gasteiger partial charge is 0.504 e. The van der Waals surface area contributed by atoms with Crippen LogP contribution in [0.2, 0.25) is 0 Å². The molecule has 24 heavy (non-hydrogen) atoms. The average Bonchev–Trinajstić information content (AvgIpc) is 2.86. The average molecular weight is 346 g/mol. The smallest absolute Gasteiger partial charge is 0.266 e. The summed E-state index contributed by atoms with van der Waals surface area (Å²) < 4.78 is 5.23. The van der Waals surface area contributed by atoms with Crippen molar-refractivity contribution < 1.29 is 14.6 Å². The van der Waals surface area contributed by atoms with Crippen molar-refractivity contribution in [2.75, 3.05) is 20.2 Å². The maximum atomic E-state index is 12.5. The number of nitrogens with zero attached hydrogens (tertiary/aromatic N) is 2. The lowest BCUT2D eigenvalue weighted by atomic mass is 10.1. The number of phenols is 1. The summed E-state index contributed by atoms with van der Waals surface area (Å²) in [5, 5.41) is 10.9. The Balaban J connectivity index is 2.44. The number of thioether (sulfide) groups is 1. The molecule has 1 amide bonds. The molecule has 0 spiro atoms. The molecule has 6 heteroatoms. The van der Waals surface area contributed by atoms with Gasteiger partial charge in [-0.05, 0) is 55.8 Å². The number of hydrogen-bond acceptors (Lipinski definition) is 5. The van der Waals surface area contributed by atoms with Crippen molar-refractivity contribution in [2.24, 2.45) is 4.99 Å². The van der Waals surface area contributed by atoms with E-state index < -0.39 is 0 Å². The Morgan fingerprint density at radius 3 is 2.75 bits per heavy atom. The van der Waals surface area contributed by atoms with Crippen LogP contribution in [0, 0.1) is 0 Å². The van der Waals surface area contributed by atoms with Gasteiger partial charge in [-0.1, -0.05) is 6.08 Å². The molecule has 0 aliphatic carbocycles. The molecule has 2 rings (SSSR count). The zero-order valence-corrected chi connectivity index (χ0v) is 15.0. The second-order valence-electron chi connectivity index (χ2n) is 5.14. The molecule has 0 atom stereocenters. The Labute approximate surface area is 146 Å². The minimum Gasteiger partial charge on any atom is -0.504 e. The Morgan fingerprint density at radius 2 is 2.17 bits per heavy atom. The van der Waals surface area contributed by atoms with E-state index in [0.717, 1.165) is 10.7 Å². The second-order valence-corrected chi connectivity index (χ2v) is 6.15. The second kappa shape index (κ2) is 8.06. The van der Waals surface area contributed by atoms with E-state index in [-0.39, 0.29) is 11.7 Å². The molecule has 1 aliphatic rings. The van der Waals surface area contributed by atoms with Crippen molar-refractivity contribution in [3.05, 3.63) is 40.8 Å². The summed E-state index contributed by atoms with van der Waals surface area (Å²) >= 11 is 1.37. The van der Waals surface area contributed by atoms with Crippen LogP contribution in [0.5, 0.6) is 11.5 Å². The Kier molecular flexibility index (Phi) is 6.09. The van der Waals surface area contributed by atoms with Gasteiger partial charge in [0.25, 0.3) is 5.91 Å². The Bertz CT molecular complexity index is 710. The van der Waals surface area contributed by atoms with Gasteiger partial charge in [0.2, 0.25) is 0 Å². The number of rotatable bonds is 6. The van der Waals surface area contributed by atoms with Crippen LogP contribution in [0.1, 0.15) is 25.0 Å². The number of benzene rings is 1. The number of ether oxygens (including phenoxy) is 1. The number of methoxy groups -OCH3 is 1. The highest BCUT2D eigenvalue weighted by Gasteiger charge is 2.31. The highest BCUT2D eigenvalue weighted by Crippen LogP contribution is 2.36. The quantitative estimate of drug-likeness (QED) is 0.633. The van der Waals surface area contributed by atoms with Crippen LogP contribution < -0.4 is 4.74 Å². The molecular formula is C18H22N2O3S. The minimum atomic E-state index is -0.0491. The standard InChI is InChI=1S/C18H22N2O3S/c1-5-8-13-9-12(10-14(23-4)16(13)21)11-15-17(22)20(7-3)18(24-15)19-6-2/h5,9-11,21H,1,6-8H2,2-4H3/b15-11+,19-18?. The number of amidine groups is 1. The van der Waals surface area contributed by atoms with Crippen molar-refractivity contribution in [1.82, 2.24) is 4.90 Å². The predicted octanol–water partition coefficient (Wildman–Crippen LogP) is 3.44. The normalized spacial score (nSPS) is 17.8. The van der Waals surface area contributed by atoms with Crippen LogP contribution in [0.3, 0.4) is 0 Å². The van der Waals surface area contributed by atoms with E-state index in [9.17, 15) is 9.90 Å². The summed E-state index contributed by atoms with van der Waals surface area (Å²) in [5.41, 5.74) is 1.51. The predicted molar refractivity (Wildman–Crippen MR) is 99.5 cm³/mol. The minimum absolute atomic E-state index is 0.0491. The molecule has 1 heterocycles. The van der Waals surface area contributed by atoms with E-state index in [2.05, 4.69) is 11.6 Å². The zero-order chi connectivity index (χ0) is 17.7. The van der Waals surface area contributed by atoms with Crippen molar-refractivity contribution in [3.63, 3.8) is 0 Å². The van der Waals surface area contributed by atoms with Crippen LogP contribution in [0.4, 0.5) is 0 Å². The summed E-state index contributed by atoms with van der Waals surface area (Å²) in [6, 6.07) is 3.56. The number of allylic oxidation sites excluding steroid dienone is 1. The van der Waals surface area contributed by atoms with E-state index in [4.69, 9.17) is 4.74 Å². The SMILES string of the molecule is C=CCc1cc(/C=C2/SC(=NCC)N(CC)C2=O)cc(OC)c1O. The number of carbonyl (C=O) groups is 1. The summed E-state index contributed by atoms with van der Waals surface area (Å²) in [4.78, 5) is 19.2. The van der Waals surface area contributed by atoms with Gasteiger partial charge in [-0.25, -0.2) is 0 Å². The van der Waals surface area contributed by atoms with Gasteiger partial charge in [-0.3, -0.25) is 14.7 Å². The highest BCUT2D eigenvalue weighted by atomic mass is 32.2. The molecule has 1 N–H and O–H groups in total. The van der Waals surface area contributed by atoms with Gasteiger partial charge in [-0.2, -0.15) is 0 Å². The van der Waals surface area contributed by atoms with Crippen molar-refractivity contribution in [2.45, 2.75) is 20.3 Å². The topological polar surface area (TPSA) is 62.1 Å². The molecule has 0 aromatic heterocycles. The fraction of sp³-hybridized carbons (Fsp3) is 0.333. The number of amides is 1. The molecule has 0 radical (unpaired) electrons. The maximum absolute atomic E-state index is 12.5. The monoisotopic (exact) mass is 346 g/mol. The van der Waals surface area contributed by atoms with Gasteiger partial charge in [0, 0.05) is 18.7 Å². The highest BCUT2D eigenvalue weighted by molar-refractivity contribution is 8.18. The van der Waals surface area contributed by atoms with Crippen LogP contribution in [0.25, 0.3) is 6.08 Å². The molecule has 0 saturated carbocycles. The lowest BCUT2D eigenvalue weighted by molar-refractivity contribution is -0.122. The van der Waals surface area contributed by atoms with E-state index >= 15 is 0 Å². The molecular weight excluding hydrogens is 324 g/mol. The number of aliphatic imine (C=N–C) groups is 1. The molecule has 128 valence electrons. The Hall–Kier alpha value is -2.21. The first-order valence-corrected chi connectivity index (χ1v) is 8.63. The third-order valence-corrected chi connectivity index (χ3v) is 4.60. The van der Waals surface area contributed by atoms with Gasteiger partial charge < -0.3 is 9.84 Å². The maximum Gasteiger partial charge on any atom is 0.266 e. The van der Waals surface area contributed by atoms with E-state index in [0.29, 0.717) is 35.7 Å². The molecule has 1 aliphatic heterocycles. The van der Waals surface area contributed by atoms with Gasteiger partial charge in [0.15, 0.2) is 16.7 Å². The summed E-state index contributed by atoms with van der Waals surface area (Å²) in [5.74, 6) is 0.437. The van der Waals surface area contributed by atoms with Gasteiger partial charge in [-0.15, -0.1) is 6.58 Å². The van der Waals surface area contributed by atoms with E-state index in [1.54, 1.807) is 17.0 Å². The molecule has 1 fully saturated rings. The number of phenolic OH excluding ortho intramolecular Hbond substituents is 1. The number of aromatic hydroxyl groups is 1. The van der Waals surface area contributed by atoms with E-state index in [1.807, 2.05) is 26.0 Å². The lowest BCUT2D eigenvalue weighted by Crippen LogP contribution is -2.28. The fourth-order valence-corrected chi connectivity index (χ4v) is 3.54. The fourth-order valence-electron chi connectivity index (χ4n) is 2.43. The number of likely N-dealkylation sites (N-methyl/N-ethyl adjacent to an activating group) is 1. The first kappa shape index (κ1) is 18.1. The molecule has 1 saturated heterocycles. The molecule has 0 unspecified atom stereocenters. The van der Waals surface area contributed by atoms with E-state index in [1.165, 1.54) is 18.9 Å². The number of hydrogen-bond donors (Lipinski definition) is 1. The van der Waals surface area contributed by atoms with Crippen molar-refractivity contribution in [3.8, 4) is 11.5 Å². The summed E-state index contributed by atoms with van der Waals surface area (Å²) in [6.45, 7) is 8.80. The molecule has 1 aromatic carbocycles. The first-order chi connectivity index (χ1) is 11.5. The third kappa shape index (κ3) is 3.64. The first-order valence-electron chi connectivity index (χ1n) is 7.82. The zero-order valence-electron chi connectivity index (χ0n) is 14.2. The summed E-state index contributed by atoms with van der Waals surface area (Å²) in [7, 11) is 1.50. The Morgan fingerprint density at radius 1 is 1.42 bits per heavy atom. The van der Waals surface area contributed by atoms with Crippen LogP contribution in [-0.4, -0.2) is 41.3 Å². The third-order valence-electron chi connectivity index (χ3n) is 3.56. The van der Waals surface area contributed by atoms with Gasteiger partial charge in [0.1, 0.15) is 0 Å². The van der Waals surface area contributed by atoms with Gasteiger partial charge in [0.05, 0.1) is 12.0 Å². The lowest BCUT2D eigenvalue weighted by Gasteiger charge is -2.11.